The largest absolute Gasteiger partial charge is 0.368 e. The van der Waals surface area contributed by atoms with E-state index in [9.17, 15) is 9.59 Å². The van der Waals surface area contributed by atoms with Gasteiger partial charge >= 0.3 is 0 Å². The van der Waals surface area contributed by atoms with Crippen LogP contribution in [-0.2, 0) is 16.0 Å². The van der Waals surface area contributed by atoms with E-state index in [2.05, 4.69) is 10.3 Å². The molecule has 0 radical (unpaired) electrons. The van der Waals surface area contributed by atoms with Crippen molar-refractivity contribution < 1.29 is 14.3 Å². The van der Waals surface area contributed by atoms with E-state index >= 15 is 0 Å². The van der Waals surface area contributed by atoms with Gasteiger partial charge in [0, 0.05) is 36.9 Å². The summed E-state index contributed by atoms with van der Waals surface area (Å²) in [6.45, 7) is 1.33. The average molecular weight is 351 g/mol. The molecule has 0 spiro atoms. The zero-order chi connectivity index (χ0) is 17.9. The smallest absolute Gasteiger partial charge is 0.259 e. The second-order valence-electron chi connectivity index (χ2n) is 6.64. The lowest BCUT2D eigenvalue weighted by atomic mass is 10.00. The third-order valence-corrected chi connectivity index (χ3v) is 4.84. The highest BCUT2D eigenvalue weighted by molar-refractivity contribution is 6.06. The number of aromatic nitrogens is 1. The van der Waals surface area contributed by atoms with Crippen LogP contribution >= 0.6 is 0 Å². The van der Waals surface area contributed by atoms with Gasteiger partial charge < -0.3 is 15.0 Å². The molecule has 0 aliphatic carbocycles. The zero-order valence-corrected chi connectivity index (χ0v) is 14.5. The Bertz CT molecular complexity index is 816. The van der Waals surface area contributed by atoms with Gasteiger partial charge in [-0.15, -0.1) is 0 Å². The van der Waals surface area contributed by atoms with Crippen molar-refractivity contribution in [1.29, 1.82) is 0 Å². The number of aryl methyl sites for hydroxylation is 1. The van der Waals surface area contributed by atoms with Gasteiger partial charge in [0.1, 0.15) is 6.10 Å². The summed E-state index contributed by atoms with van der Waals surface area (Å²) in [5.74, 6) is -0.142. The summed E-state index contributed by atoms with van der Waals surface area (Å²) >= 11 is 0. The zero-order valence-electron chi connectivity index (χ0n) is 14.5. The van der Waals surface area contributed by atoms with Crippen LogP contribution in [0.2, 0.25) is 0 Å². The minimum Gasteiger partial charge on any atom is -0.368 e. The number of nitrogens with one attached hydrogen (secondary N) is 1. The minimum atomic E-state index is -0.352. The molecule has 26 heavy (non-hydrogen) atoms. The first-order valence-electron chi connectivity index (χ1n) is 8.99. The number of pyridine rings is 1. The summed E-state index contributed by atoms with van der Waals surface area (Å²) in [4.78, 5) is 30.9. The highest BCUT2D eigenvalue weighted by Crippen LogP contribution is 2.31. The van der Waals surface area contributed by atoms with Crippen LogP contribution in [0, 0.1) is 0 Å². The predicted octanol–water partition coefficient (Wildman–Crippen LogP) is 2.79. The minimum absolute atomic E-state index is 0.0461. The fourth-order valence-corrected chi connectivity index (χ4v) is 3.54. The van der Waals surface area contributed by atoms with E-state index in [4.69, 9.17) is 4.74 Å². The third kappa shape index (κ3) is 3.32. The average Bonchev–Trinajstić information content (AvgIpc) is 3.22. The molecule has 6 heteroatoms. The highest BCUT2D eigenvalue weighted by Gasteiger charge is 2.26. The first kappa shape index (κ1) is 16.7. The van der Waals surface area contributed by atoms with Crippen molar-refractivity contribution in [2.45, 2.75) is 31.8 Å². The van der Waals surface area contributed by atoms with E-state index in [0.717, 1.165) is 42.6 Å². The van der Waals surface area contributed by atoms with Crippen molar-refractivity contribution in [3.05, 3.63) is 53.9 Å². The molecular weight excluding hydrogens is 330 g/mol. The van der Waals surface area contributed by atoms with E-state index in [1.807, 2.05) is 18.2 Å². The molecule has 3 heterocycles. The third-order valence-electron chi connectivity index (χ3n) is 4.84. The van der Waals surface area contributed by atoms with Gasteiger partial charge in [-0.2, -0.15) is 0 Å². The second kappa shape index (κ2) is 7.25. The van der Waals surface area contributed by atoms with E-state index < -0.39 is 0 Å². The number of amides is 2. The molecule has 6 nitrogen and oxygen atoms in total. The number of carbonyl (C=O) groups excluding carboxylic acids is 2. The van der Waals surface area contributed by atoms with E-state index in [-0.39, 0.29) is 17.9 Å². The first-order valence-corrected chi connectivity index (χ1v) is 8.99. The van der Waals surface area contributed by atoms with Crippen LogP contribution in [0.3, 0.4) is 0 Å². The van der Waals surface area contributed by atoms with Gasteiger partial charge in [-0.3, -0.25) is 14.6 Å². The summed E-state index contributed by atoms with van der Waals surface area (Å²) in [5.41, 5.74) is 3.30. The number of benzene rings is 1. The summed E-state index contributed by atoms with van der Waals surface area (Å²) < 4.78 is 5.43. The Morgan fingerprint density at radius 1 is 1.23 bits per heavy atom. The number of hydrogen-bond acceptors (Lipinski definition) is 4. The molecule has 2 aliphatic rings. The van der Waals surface area contributed by atoms with Crippen LogP contribution in [0.4, 0.5) is 11.4 Å². The molecule has 1 aromatic carbocycles. The topological polar surface area (TPSA) is 71.5 Å². The Hall–Kier alpha value is -2.73. The number of fused-ring (bicyclic) bond motifs is 1. The summed E-state index contributed by atoms with van der Waals surface area (Å²) in [5, 5.41) is 2.93. The maximum Gasteiger partial charge on any atom is 0.259 e. The van der Waals surface area contributed by atoms with Crippen molar-refractivity contribution in [1.82, 2.24) is 4.98 Å². The van der Waals surface area contributed by atoms with Crippen molar-refractivity contribution in [2.24, 2.45) is 0 Å². The van der Waals surface area contributed by atoms with Crippen molar-refractivity contribution in [2.75, 3.05) is 23.4 Å². The van der Waals surface area contributed by atoms with Gasteiger partial charge in [-0.1, -0.05) is 0 Å². The fraction of sp³-hybridized carbons (Fsp3) is 0.350. The lowest BCUT2D eigenvalue weighted by Crippen LogP contribution is -2.35. The Kier molecular flexibility index (Phi) is 4.67. The van der Waals surface area contributed by atoms with Gasteiger partial charge in [0.2, 0.25) is 0 Å². The fourth-order valence-electron chi connectivity index (χ4n) is 3.54. The second-order valence-corrected chi connectivity index (χ2v) is 6.64. The molecule has 1 unspecified atom stereocenters. The molecule has 134 valence electrons. The Balaban J connectivity index is 1.54. The first-order chi connectivity index (χ1) is 12.7. The number of hydrogen-bond donors (Lipinski definition) is 1. The SMILES string of the molecule is O=C(Nc1ccc2c(c1)CCCN2C(=O)c1cccnc1)C1CCCO1. The Labute approximate surface area is 152 Å². The van der Waals surface area contributed by atoms with E-state index in [0.29, 0.717) is 18.7 Å². The van der Waals surface area contributed by atoms with Gasteiger partial charge in [-0.25, -0.2) is 0 Å². The molecule has 4 rings (SSSR count). The van der Waals surface area contributed by atoms with Gasteiger partial charge in [0.15, 0.2) is 0 Å². The molecular formula is C20H21N3O3. The maximum absolute atomic E-state index is 12.8. The molecule has 2 amide bonds. The number of carbonyl (C=O) groups is 2. The summed E-state index contributed by atoms with van der Waals surface area (Å²) in [7, 11) is 0. The van der Waals surface area contributed by atoms with Crippen LogP contribution in [0.1, 0.15) is 35.2 Å². The lowest BCUT2D eigenvalue weighted by Gasteiger charge is -2.30. The molecule has 1 atom stereocenters. The molecule has 1 N–H and O–H groups in total. The number of ether oxygens (including phenoxy) is 1. The van der Waals surface area contributed by atoms with Crippen molar-refractivity contribution in [3.63, 3.8) is 0 Å². The highest BCUT2D eigenvalue weighted by atomic mass is 16.5. The van der Waals surface area contributed by atoms with Crippen LogP contribution < -0.4 is 10.2 Å². The molecule has 2 aliphatic heterocycles. The predicted molar refractivity (Wildman–Crippen MR) is 98.3 cm³/mol. The van der Waals surface area contributed by atoms with Crippen molar-refractivity contribution in [3.8, 4) is 0 Å². The molecule has 2 aromatic rings. The van der Waals surface area contributed by atoms with Crippen LogP contribution in [0.15, 0.2) is 42.7 Å². The molecule has 1 saturated heterocycles. The van der Waals surface area contributed by atoms with E-state index in [1.165, 1.54) is 0 Å². The maximum atomic E-state index is 12.8. The standard InChI is InChI=1S/C20H21N3O3/c24-19(18-6-3-11-26-18)22-16-7-8-17-14(12-16)5-2-10-23(17)20(25)15-4-1-9-21-13-15/h1,4,7-9,12-13,18H,2-3,5-6,10-11H2,(H,22,24). The van der Waals surface area contributed by atoms with Crippen LogP contribution in [-0.4, -0.2) is 36.1 Å². The number of anilines is 2. The monoisotopic (exact) mass is 351 g/mol. The van der Waals surface area contributed by atoms with Gasteiger partial charge in [0.25, 0.3) is 11.8 Å². The van der Waals surface area contributed by atoms with Crippen LogP contribution in [0.5, 0.6) is 0 Å². The Morgan fingerprint density at radius 2 is 2.15 bits per heavy atom. The summed E-state index contributed by atoms with van der Waals surface area (Å²) in [6.07, 6.45) is 6.36. The quantitative estimate of drug-likeness (QED) is 0.923. The van der Waals surface area contributed by atoms with Gasteiger partial charge in [0.05, 0.1) is 5.56 Å². The Morgan fingerprint density at radius 3 is 2.92 bits per heavy atom. The molecule has 1 aromatic heterocycles. The van der Waals surface area contributed by atoms with Gasteiger partial charge in [-0.05, 0) is 61.6 Å². The molecule has 0 saturated carbocycles. The molecule has 1 fully saturated rings. The molecule has 0 bridgehead atoms. The van der Waals surface area contributed by atoms with Crippen LogP contribution in [0.25, 0.3) is 0 Å². The van der Waals surface area contributed by atoms with Crippen molar-refractivity contribution >= 4 is 23.2 Å². The number of rotatable bonds is 3. The summed E-state index contributed by atoms with van der Waals surface area (Å²) in [6, 6.07) is 9.26. The number of nitrogens with zero attached hydrogens (tertiary/aromatic N) is 2. The lowest BCUT2D eigenvalue weighted by molar-refractivity contribution is -0.124. The normalized spacial score (nSPS) is 19.1. The van der Waals surface area contributed by atoms with E-state index in [1.54, 1.807) is 29.4 Å².